The molecule has 0 spiro atoms. The number of phenols is 1. The maximum absolute atomic E-state index is 13.6. The lowest BCUT2D eigenvalue weighted by Crippen LogP contribution is -2.23. The third-order valence-corrected chi connectivity index (χ3v) is 4.37. The highest BCUT2D eigenvalue weighted by molar-refractivity contribution is 5.73. The number of alkyl halides is 1. The molecule has 1 aromatic carbocycles. The third kappa shape index (κ3) is 3.62. The summed E-state index contributed by atoms with van der Waals surface area (Å²) in [5.74, 6) is 0.870. The van der Waals surface area contributed by atoms with Gasteiger partial charge in [0.1, 0.15) is 11.9 Å². The smallest absolute Gasteiger partial charge is 0.252 e. The van der Waals surface area contributed by atoms with Gasteiger partial charge in [0, 0.05) is 18.7 Å². The van der Waals surface area contributed by atoms with E-state index in [0.717, 1.165) is 11.1 Å². The fraction of sp³-hybridized carbons (Fsp3) is 0.200. The first kappa shape index (κ1) is 17.8. The number of halogens is 1. The van der Waals surface area contributed by atoms with Gasteiger partial charge < -0.3 is 14.6 Å². The minimum Gasteiger partial charge on any atom is -0.507 e. The molecule has 0 unspecified atom stereocenters. The lowest BCUT2D eigenvalue weighted by atomic mass is 10.0. The second kappa shape index (κ2) is 7.59. The number of phenolic OH excluding ortho intramolecular Hbond substituents is 1. The summed E-state index contributed by atoms with van der Waals surface area (Å²) in [6.07, 6.45) is 4.89. The number of nitrogens with zero attached hydrogens (tertiary/aromatic N) is 4. The highest BCUT2D eigenvalue weighted by Gasteiger charge is 2.24. The molecular formula is C20H17FN4O3. The van der Waals surface area contributed by atoms with Crippen LogP contribution in [0.4, 0.5) is 4.39 Å². The van der Waals surface area contributed by atoms with Gasteiger partial charge >= 0.3 is 0 Å². The molecule has 1 aliphatic rings. The van der Waals surface area contributed by atoms with Crippen LogP contribution < -0.4 is 9.47 Å². The van der Waals surface area contributed by atoms with Crippen LogP contribution in [0.2, 0.25) is 0 Å². The number of methoxy groups -OCH3 is 1. The predicted octanol–water partition coefficient (Wildman–Crippen LogP) is 3.36. The van der Waals surface area contributed by atoms with Crippen molar-refractivity contribution in [3.8, 4) is 40.0 Å². The van der Waals surface area contributed by atoms with Crippen LogP contribution in [-0.4, -0.2) is 44.7 Å². The van der Waals surface area contributed by atoms with Gasteiger partial charge in [0.15, 0.2) is 12.0 Å². The lowest BCUT2D eigenvalue weighted by molar-refractivity contribution is 0.132. The second-order valence-corrected chi connectivity index (χ2v) is 6.20. The maximum Gasteiger partial charge on any atom is 0.252 e. The number of pyridine rings is 1. The number of rotatable bonds is 5. The van der Waals surface area contributed by atoms with Gasteiger partial charge in [-0.2, -0.15) is 0 Å². The van der Waals surface area contributed by atoms with Gasteiger partial charge in [-0.3, -0.25) is 0 Å². The van der Waals surface area contributed by atoms with Crippen LogP contribution in [0.5, 0.6) is 17.5 Å². The lowest BCUT2D eigenvalue weighted by Gasteiger charge is -2.14. The molecule has 2 heterocycles. The molecule has 8 heteroatoms. The molecule has 0 aliphatic heterocycles. The van der Waals surface area contributed by atoms with Gasteiger partial charge in [-0.1, -0.05) is 18.2 Å². The van der Waals surface area contributed by atoms with Crippen LogP contribution in [0.1, 0.15) is 6.42 Å². The molecule has 0 saturated heterocycles. The van der Waals surface area contributed by atoms with Gasteiger partial charge in [0.05, 0.1) is 18.9 Å². The summed E-state index contributed by atoms with van der Waals surface area (Å²) in [7, 11) is 1.54. The van der Waals surface area contributed by atoms with Crippen molar-refractivity contribution in [2.45, 2.75) is 18.7 Å². The molecule has 1 N–H and O–H groups in total. The van der Waals surface area contributed by atoms with E-state index in [1.807, 2.05) is 12.1 Å². The van der Waals surface area contributed by atoms with Crippen molar-refractivity contribution in [1.29, 1.82) is 0 Å². The zero-order chi connectivity index (χ0) is 19.5. The van der Waals surface area contributed by atoms with Gasteiger partial charge in [0.25, 0.3) is 5.88 Å². The molecule has 1 aliphatic carbocycles. The second-order valence-electron chi connectivity index (χ2n) is 6.20. The van der Waals surface area contributed by atoms with E-state index in [-0.39, 0.29) is 17.5 Å². The monoisotopic (exact) mass is 380 g/mol. The summed E-state index contributed by atoms with van der Waals surface area (Å²) >= 11 is 0. The number of aromatic hydroxyl groups is 1. The number of aromatic nitrogens is 4. The highest BCUT2D eigenvalue weighted by Crippen LogP contribution is 2.32. The molecule has 0 amide bonds. The van der Waals surface area contributed by atoms with Crippen LogP contribution in [0, 0.1) is 0 Å². The van der Waals surface area contributed by atoms with Crippen molar-refractivity contribution in [3.05, 3.63) is 54.9 Å². The number of hydrogen-bond acceptors (Lipinski definition) is 7. The Labute approximate surface area is 160 Å². The van der Waals surface area contributed by atoms with Crippen molar-refractivity contribution in [2.75, 3.05) is 7.11 Å². The van der Waals surface area contributed by atoms with Crippen LogP contribution >= 0.6 is 0 Å². The van der Waals surface area contributed by atoms with Crippen molar-refractivity contribution in [2.24, 2.45) is 0 Å². The van der Waals surface area contributed by atoms with E-state index in [9.17, 15) is 9.50 Å². The Balaban J connectivity index is 1.54. The Bertz CT molecular complexity index is 1010. The SMILES string of the molecule is COc1cc(-c2ccc(-c3ncc(O[C@@H]4CC=C[C@@H]4F)nn3)c(O)c2)ccn1. The number of benzene rings is 1. The summed E-state index contributed by atoms with van der Waals surface area (Å²) < 4.78 is 24.1. The minimum atomic E-state index is -1.16. The summed E-state index contributed by atoms with van der Waals surface area (Å²) in [4.78, 5) is 8.24. The standard InChI is InChI=1S/C20H17FN4O3/c1-27-18-10-13(7-8-22-18)12-5-6-14(16(26)9-12)20-23-11-19(24-25-20)28-17-4-2-3-15(17)21/h2-3,5-11,15,17,26H,4H2,1H3/t15-,17+/m0/s1. The molecule has 7 nitrogen and oxygen atoms in total. The zero-order valence-electron chi connectivity index (χ0n) is 15.0. The molecule has 4 rings (SSSR count). The quantitative estimate of drug-likeness (QED) is 0.679. The molecule has 2 atom stereocenters. The van der Waals surface area contributed by atoms with E-state index in [1.54, 1.807) is 37.6 Å². The average molecular weight is 380 g/mol. The first-order valence-corrected chi connectivity index (χ1v) is 8.65. The van der Waals surface area contributed by atoms with Crippen LogP contribution in [0.3, 0.4) is 0 Å². The summed E-state index contributed by atoms with van der Waals surface area (Å²) in [6.45, 7) is 0. The molecule has 0 bridgehead atoms. The molecule has 3 aromatic rings. The fourth-order valence-electron chi connectivity index (χ4n) is 2.91. The summed E-state index contributed by atoms with van der Waals surface area (Å²) in [5, 5.41) is 18.3. The number of ether oxygens (including phenoxy) is 2. The Hall–Kier alpha value is -3.55. The van der Waals surface area contributed by atoms with E-state index in [0.29, 0.717) is 17.9 Å². The first-order valence-electron chi connectivity index (χ1n) is 8.65. The number of hydrogen-bond donors (Lipinski definition) is 1. The highest BCUT2D eigenvalue weighted by atomic mass is 19.1. The van der Waals surface area contributed by atoms with Gasteiger partial charge in [-0.05, 0) is 29.3 Å². The molecule has 0 radical (unpaired) electrons. The van der Waals surface area contributed by atoms with E-state index in [2.05, 4.69) is 20.2 Å². The van der Waals surface area contributed by atoms with Crippen molar-refractivity contribution >= 4 is 0 Å². The molecule has 2 aromatic heterocycles. The van der Waals surface area contributed by atoms with Gasteiger partial charge in [-0.25, -0.2) is 14.4 Å². The first-order chi connectivity index (χ1) is 13.6. The summed E-state index contributed by atoms with van der Waals surface area (Å²) in [6, 6.07) is 8.73. The van der Waals surface area contributed by atoms with E-state index >= 15 is 0 Å². The van der Waals surface area contributed by atoms with E-state index in [4.69, 9.17) is 9.47 Å². The van der Waals surface area contributed by atoms with Crippen molar-refractivity contribution in [3.63, 3.8) is 0 Å². The zero-order valence-corrected chi connectivity index (χ0v) is 15.0. The average Bonchev–Trinajstić information content (AvgIpc) is 3.13. The molecule has 142 valence electrons. The molecule has 28 heavy (non-hydrogen) atoms. The van der Waals surface area contributed by atoms with Gasteiger partial charge in [-0.15, -0.1) is 10.2 Å². The van der Waals surface area contributed by atoms with Crippen molar-refractivity contribution < 1.29 is 19.0 Å². The topological polar surface area (TPSA) is 90.2 Å². The Kier molecular flexibility index (Phi) is 4.84. The van der Waals surface area contributed by atoms with E-state index < -0.39 is 12.3 Å². The normalized spacial score (nSPS) is 18.2. The van der Waals surface area contributed by atoms with Crippen LogP contribution in [-0.2, 0) is 0 Å². The molecular weight excluding hydrogens is 363 g/mol. The van der Waals surface area contributed by atoms with E-state index in [1.165, 1.54) is 12.3 Å². The Morgan fingerprint density at radius 2 is 1.93 bits per heavy atom. The molecule has 0 fully saturated rings. The molecule has 0 saturated carbocycles. The third-order valence-electron chi connectivity index (χ3n) is 4.37. The van der Waals surface area contributed by atoms with Crippen molar-refractivity contribution in [1.82, 2.24) is 20.2 Å². The Morgan fingerprint density at radius 3 is 2.61 bits per heavy atom. The predicted molar refractivity (Wildman–Crippen MR) is 99.8 cm³/mol. The van der Waals surface area contributed by atoms with Gasteiger partial charge in [0.2, 0.25) is 5.88 Å². The van der Waals surface area contributed by atoms with Crippen LogP contribution in [0.15, 0.2) is 54.9 Å². The fourth-order valence-corrected chi connectivity index (χ4v) is 2.91. The minimum absolute atomic E-state index is 0.00700. The van der Waals surface area contributed by atoms with Crippen LogP contribution in [0.25, 0.3) is 22.5 Å². The maximum atomic E-state index is 13.6. The summed E-state index contributed by atoms with van der Waals surface area (Å²) in [5.41, 5.74) is 2.06. The largest absolute Gasteiger partial charge is 0.507 e. The Morgan fingerprint density at radius 1 is 1.07 bits per heavy atom.